The molecule has 1 atom stereocenters. The van der Waals surface area contributed by atoms with Crippen molar-refractivity contribution in [1.29, 1.82) is 0 Å². The first kappa shape index (κ1) is 23.9. The number of benzene rings is 2. The van der Waals surface area contributed by atoms with Crippen LogP contribution in [0.2, 0.25) is 0 Å². The maximum Gasteiger partial charge on any atom is 0.251 e. The van der Waals surface area contributed by atoms with Crippen LogP contribution >= 0.6 is 0 Å². The molecule has 5 rings (SSSR count). The molecule has 1 N–H and O–H groups in total. The van der Waals surface area contributed by atoms with Crippen molar-refractivity contribution in [2.75, 3.05) is 12.0 Å². The van der Waals surface area contributed by atoms with Gasteiger partial charge in [-0.15, -0.1) is 5.10 Å². The van der Waals surface area contributed by atoms with Gasteiger partial charge in [-0.05, 0) is 55.5 Å². The fourth-order valence-electron chi connectivity index (χ4n) is 4.09. The molecule has 0 fully saturated rings. The number of anilines is 1. The number of carbonyl (C=O) groups is 2. The zero-order valence-electron chi connectivity index (χ0n) is 20.3. The van der Waals surface area contributed by atoms with Gasteiger partial charge in [0, 0.05) is 11.8 Å². The van der Waals surface area contributed by atoms with Crippen LogP contribution in [0.25, 0.3) is 11.0 Å². The van der Waals surface area contributed by atoms with Crippen LogP contribution < -0.4 is 15.0 Å². The van der Waals surface area contributed by atoms with E-state index in [0.29, 0.717) is 39.8 Å². The van der Waals surface area contributed by atoms with Crippen molar-refractivity contribution in [2.24, 2.45) is 0 Å². The summed E-state index contributed by atoms with van der Waals surface area (Å²) in [5, 5.41) is 11.2. The van der Waals surface area contributed by atoms with E-state index >= 15 is 0 Å². The Morgan fingerprint density at radius 1 is 1.08 bits per heavy atom. The van der Waals surface area contributed by atoms with Crippen LogP contribution in [0, 0.1) is 6.92 Å². The van der Waals surface area contributed by atoms with Gasteiger partial charge in [-0.2, -0.15) is 0 Å². The number of nitrogens with one attached hydrogen (secondary N) is 1. The SMILES string of the molecule is COc1cccc(N(C(=O)Cn2nnc3ccccc32)C(C(=O)NCc2ccco2)c2ccc(C)o2)c1. The number of furan rings is 2. The van der Waals surface area contributed by atoms with Gasteiger partial charge in [-0.3, -0.25) is 14.5 Å². The second-order valence-corrected chi connectivity index (χ2v) is 8.35. The molecule has 2 amide bonds. The van der Waals surface area contributed by atoms with Crippen LogP contribution in [-0.4, -0.2) is 33.9 Å². The van der Waals surface area contributed by atoms with E-state index in [2.05, 4.69) is 15.6 Å². The van der Waals surface area contributed by atoms with E-state index in [0.717, 1.165) is 0 Å². The summed E-state index contributed by atoms with van der Waals surface area (Å²) in [7, 11) is 1.54. The molecule has 0 saturated carbocycles. The fourth-order valence-corrected chi connectivity index (χ4v) is 4.09. The summed E-state index contributed by atoms with van der Waals surface area (Å²) in [6.07, 6.45) is 1.53. The highest BCUT2D eigenvalue weighted by Crippen LogP contribution is 2.32. The van der Waals surface area contributed by atoms with E-state index in [4.69, 9.17) is 13.6 Å². The molecule has 37 heavy (non-hydrogen) atoms. The number of aryl methyl sites for hydroxylation is 1. The van der Waals surface area contributed by atoms with Crippen LogP contribution in [0.4, 0.5) is 5.69 Å². The lowest BCUT2D eigenvalue weighted by Gasteiger charge is -2.30. The molecule has 0 aliphatic heterocycles. The fraction of sp³-hybridized carbons (Fsp3) is 0.185. The molecule has 3 heterocycles. The highest BCUT2D eigenvalue weighted by Gasteiger charge is 2.35. The van der Waals surface area contributed by atoms with E-state index in [1.165, 1.54) is 23.0 Å². The van der Waals surface area contributed by atoms with Crippen LogP contribution in [0.15, 0.2) is 87.9 Å². The van der Waals surface area contributed by atoms with Gasteiger partial charge in [-0.25, -0.2) is 4.68 Å². The predicted molar refractivity (Wildman–Crippen MR) is 135 cm³/mol. The number of nitrogens with zero attached hydrogens (tertiary/aromatic N) is 4. The van der Waals surface area contributed by atoms with E-state index in [1.807, 2.05) is 24.3 Å². The Bertz CT molecular complexity index is 1520. The Morgan fingerprint density at radius 2 is 1.95 bits per heavy atom. The van der Waals surface area contributed by atoms with Crippen molar-refractivity contribution >= 4 is 28.5 Å². The Balaban J connectivity index is 1.55. The minimum atomic E-state index is -1.11. The number of rotatable bonds is 9. The van der Waals surface area contributed by atoms with Crippen molar-refractivity contribution < 1.29 is 23.2 Å². The van der Waals surface area contributed by atoms with Crippen LogP contribution in [0.5, 0.6) is 5.75 Å². The van der Waals surface area contributed by atoms with Crippen LogP contribution in [-0.2, 0) is 22.7 Å². The number of para-hydroxylation sites is 1. The molecule has 10 heteroatoms. The molecule has 188 valence electrons. The number of hydrogen-bond acceptors (Lipinski definition) is 7. The zero-order valence-corrected chi connectivity index (χ0v) is 20.3. The Labute approximate surface area is 212 Å². The molecule has 0 bridgehead atoms. The third-order valence-corrected chi connectivity index (χ3v) is 5.86. The first-order chi connectivity index (χ1) is 18.0. The molecule has 0 saturated heterocycles. The van der Waals surface area contributed by atoms with E-state index in [9.17, 15) is 9.59 Å². The molecular weight excluding hydrogens is 474 g/mol. The largest absolute Gasteiger partial charge is 0.497 e. The second-order valence-electron chi connectivity index (χ2n) is 8.35. The smallest absolute Gasteiger partial charge is 0.251 e. The third-order valence-electron chi connectivity index (χ3n) is 5.86. The first-order valence-corrected chi connectivity index (χ1v) is 11.6. The molecule has 0 aliphatic carbocycles. The van der Waals surface area contributed by atoms with Crippen molar-refractivity contribution in [3.63, 3.8) is 0 Å². The van der Waals surface area contributed by atoms with Gasteiger partial charge in [-0.1, -0.05) is 23.4 Å². The maximum absolute atomic E-state index is 14.0. The van der Waals surface area contributed by atoms with E-state index in [-0.39, 0.29) is 13.1 Å². The summed E-state index contributed by atoms with van der Waals surface area (Å²) in [4.78, 5) is 29.0. The summed E-state index contributed by atoms with van der Waals surface area (Å²) in [5.41, 5.74) is 1.83. The molecule has 3 aromatic heterocycles. The van der Waals surface area contributed by atoms with Gasteiger partial charge < -0.3 is 18.9 Å². The highest BCUT2D eigenvalue weighted by molar-refractivity contribution is 6.01. The summed E-state index contributed by atoms with van der Waals surface area (Å²) in [6, 6.07) is 20.1. The quantitative estimate of drug-likeness (QED) is 0.326. The average Bonchev–Trinajstić information content (AvgIpc) is 3.68. The van der Waals surface area contributed by atoms with Gasteiger partial charge >= 0.3 is 0 Å². The average molecular weight is 500 g/mol. The molecule has 10 nitrogen and oxygen atoms in total. The predicted octanol–water partition coefficient (Wildman–Crippen LogP) is 4.03. The van der Waals surface area contributed by atoms with E-state index in [1.54, 1.807) is 55.5 Å². The topological polar surface area (TPSA) is 116 Å². The van der Waals surface area contributed by atoms with Crippen molar-refractivity contribution in [1.82, 2.24) is 20.3 Å². The summed E-state index contributed by atoms with van der Waals surface area (Å²) >= 11 is 0. The second kappa shape index (κ2) is 10.4. The Morgan fingerprint density at radius 3 is 2.70 bits per heavy atom. The first-order valence-electron chi connectivity index (χ1n) is 11.6. The standard InChI is InChI=1S/C27H25N5O5/c1-18-12-13-24(37-18)26(27(34)28-16-21-9-6-14-36-21)32(19-7-5-8-20(15-19)35-2)25(33)17-31-23-11-4-3-10-22(23)29-30-31/h3-15,26H,16-17H2,1-2H3,(H,28,34). The van der Waals surface area contributed by atoms with E-state index < -0.39 is 17.9 Å². The molecular formula is C27H25N5O5. The van der Waals surface area contributed by atoms with Gasteiger partial charge in [0.1, 0.15) is 35.1 Å². The molecule has 0 radical (unpaired) electrons. The number of amides is 2. The monoisotopic (exact) mass is 499 g/mol. The van der Waals surface area contributed by atoms with Gasteiger partial charge in [0.2, 0.25) is 5.91 Å². The normalized spacial score (nSPS) is 11.8. The molecule has 2 aromatic carbocycles. The Hall–Kier alpha value is -4.86. The summed E-state index contributed by atoms with van der Waals surface area (Å²) in [6.45, 7) is 1.77. The van der Waals surface area contributed by atoms with Crippen molar-refractivity contribution in [3.05, 3.63) is 96.3 Å². The number of aromatic nitrogens is 3. The molecule has 0 spiro atoms. The number of hydrogen-bond donors (Lipinski definition) is 1. The number of carbonyl (C=O) groups excluding carboxylic acids is 2. The molecule has 0 aliphatic rings. The number of fused-ring (bicyclic) bond motifs is 1. The minimum Gasteiger partial charge on any atom is -0.497 e. The minimum absolute atomic E-state index is 0.149. The lowest BCUT2D eigenvalue weighted by molar-refractivity contribution is -0.127. The van der Waals surface area contributed by atoms with Crippen LogP contribution in [0.3, 0.4) is 0 Å². The molecule has 1 unspecified atom stereocenters. The van der Waals surface area contributed by atoms with Crippen molar-refractivity contribution in [3.8, 4) is 5.75 Å². The third kappa shape index (κ3) is 5.08. The summed E-state index contributed by atoms with van der Waals surface area (Å²) in [5.74, 6) is 1.21. The Kier molecular flexibility index (Phi) is 6.71. The molecule has 5 aromatic rings. The van der Waals surface area contributed by atoms with Gasteiger partial charge in [0.15, 0.2) is 6.04 Å². The highest BCUT2D eigenvalue weighted by atomic mass is 16.5. The maximum atomic E-state index is 14.0. The summed E-state index contributed by atoms with van der Waals surface area (Å²) < 4.78 is 18.1. The van der Waals surface area contributed by atoms with Gasteiger partial charge in [0.25, 0.3) is 5.91 Å². The lowest BCUT2D eigenvalue weighted by atomic mass is 10.1. The lowest BCUT2D eigenvalue weighted by Crippen LogP contribution is -2.45. The number of ether oxygens (including phenoxy) is 1. The zero-order chi connectivity index (χ0) is 25.8. The van der Waals surface area contributed by atoms with Crippen molar-refractivity contribution in [2.45, 2.75) is 26.1 Å². The van der Waals surface area contributed by atoms with Crippen LogP contribution in [0.1, 0.15) is 23.3 Å². The number of methoxy groups -OCH3 is 1. The van der Waals surface area contributed by atoms with Gasteiger partial charge in [0.05, 0.1) is 25.4 Å².